The van der Waals surface area contributed by atoms with E-state index in [-0.39, 0.29) is 0 Å². The van der Waals surface area contributed by atoms with E-state index in [2.05, 4.69) is 202 Å². The fraction of sp³-hybridized carbons (Fsp3) is 0. The molecule has 0 N–H and O–H groups in total. The van der Waals surface area contributed by atoms with Crippen molar-refractivity contribution < 1.29 is 4.42 Å². The molecule has 0 bridgehead atoms. The van der Waals surface area contributed by atoms with Gasteiger partial charge in [-0.15, -0.1) is 0 Å². The van der Waals surface area contributed by atoms with Crippen LogP contribution in [-0.2, 0) is 0 Å². The summed E-state index contributed by atoms with van der Waals surface area (Å²) in [4.78, 5) is 4.62. The van der Waals surface area contributed by atoms with E-state index in [1.165, 1.54) is 10.8 Å². The minimum atomic E-state index is 0.879. The first kappa shape index (κ1) is 29.8. The predicted octanol–water partition coefficient (Wildman–Crippen LogP) is 13.6. The van der Waals surface area contributed by atoms with E-state index in [9.17, 15) is 0 Å². The maximum Gasteiger partial charge on any atom is 0.137 e. The third-order valence-electron chi connectivity index (χ3n) is 9.93. The van der Waals surface area contributed by atoms with Crippen LogP contribution in [0, 0.1) is 0 Å². The fourth-order valence-electron chi connectivity index (χ4n) is 7.59. The lowest BCUT2D eigenvalue weighted by molar-refractivity contribution is 0.669. The van der Waals surface area contributed by atoms with Gasteiger partial charge in [-0.05, 0) is 97.1 Å². The van der Waals surface area contributed by atoms with Gasteiger partial charge >= 0.3 is 0 Å². The van der Waals surface area contributed by atoms with Gasteiger partial charge in [0.15, 0.2) is 0 Å². The Morgan fingerprint density at radius 3 is 1.35 bits per heavy atom. The second-order valence-electron chi connectivity index (χ2n) is 13.0. The summed E-state index contributed by atoms with van der Waals surface area (Å²) in [5.41, 5.74) is 11.7. The molecule has 0 radical (unpaired) electrons. The van der Waals surface area contributed by atoms with Gasteiger partial charge in [0.2, 0.25) is 0 Å². The van der Waals surface area contributed by atoms with Gasteiger partial charge in [0, 0.05) is 67.4 Å². The van der Waals surface area contributed by atoms with Crippen LogP contribution in [0.5, 0.6) is 0 Å². The van der Waals surface area contributed by atoms with Crippen molar-refractivity contribution in [2.75, 3.05) is 9.80 Å². The van der Waals surface area contributed by atoms with Gasteiger partial charge in [0.05, 0.1) is 11.0 Å². The van der Waals surface area contributed by atoms with Crippen molar-refractivity contribution in [2.45, 2.75) is 0 Å². The molecule has 10 aromatic rings. The molecule has 4 nitrogen and oxygen atoms in total. The van der Waals surface area contributed by atoms with Crippen LogP contribution >= 0.6 is 0 Å². The first-order chi connectivity index (χ1) is 25.8. The Bertz CT molecular complexity index is 2750. The van der Waals surface area contributed by atoms with Gasteiger partial charge < -0.3 is 18.8 Å². The number of aromatic nitrogens is 1. The molecule has 0 fully saturated rings. The maximum absolute atomic E-state index is 6.45. The van der Waals surface area contributed by atoms with Crippen LogP contribution in [0.15, 0.2) is 205 Å². The van der Waals surface area contributed by atoms with Gasteiger partial charge in [-0.2, -0.15) is 0 Å². The second-order valence-corrected chi connectivity index (χ2v) is 13.0. The highest BCUT2D eigenvalue weighted by atomic mass is 16.3. The summed E-state index contributed by atoms with van der Waals surface area (Å²) < 4.78 is 8.83. The summed E-state index contributed by atoms with van der Waals surface area (Å²) in [6.45, 7) is 0. The van der Waals surface area contributed by atoms with Gasteiger partial charge in [0.1, 0.15) is 11.2 Å². The largest absolute Gasteiger partial charge is 0.456 e. The van der Waals surface area contributed by atoms with E-state index in [0.717, 1.165) is 72.8 Å². The van der Waals surface area contributed by atoms with E-state index in [4.69, 9.17) is 4.42 Å². The number of nitrogens with zero attached hydrogens (tertiary/aromatic N) is 3. The van der Waals surface area contributed by atoms with Gasteiger partial charge in [0.25, 0.3) is 0 Å². The molecule has 0 saturated carbocycles. The Kier molecular flexibility index (Phi) is 7.10. The molecule has 0 spiro atoms. The highest BCUT2D eigenvalue weighted by Gasteiger charge is 2.20. The van der Waals surface area contributed by atoms with Crippen LogP contribution in [0.3, 0.4) is 0 Å². The van der Waals surface area contributed by atoms with Crippen molar-refractivity contribution in [1.82, 2.24) is 4.57 Å². The zero-order valence-corrected chi connectivity index (χ0v) is 28.3. The SMILES string of the molecule is c1ccc(N(c2ccccc2)c2ccc(-n3c4cc(N(c5ccccc5)c5ccccc5)ccc4c4cc5c(cc43)oc3ccccc35)cc2)cc1. The van der Waals surface area contributed by atoms with Crippen molar-refractivity contribution >= 4 is 77.9 Å². The number of hydrogen-bond donors (Lipinski definition) is 0. The minimum Gasteiger partial charge on any atom is -0.456 e. The predicted molar refractivity (Wildman–Crippen MR) is 217 cm³/mol. The number of fused-ring (bicyclic) bond motifs is 6. The highest BCUT2D eigenvalue weighted by molar-refractivity contribution is 6.17. The molecule has 0 saturated heterocycles. The Hall–Kier alpha value is -7.04. The molecular formula is C48H33N3O. The molecule has 2 aromatic heterocycles. The minimum absolute atomic E-state index is 0.879. The van der Waals surface area contributed by atoms with Crippen LogP contribution in [0.4, 0.5) is 34.1 Å². The Morgan fingerprint density at radius 2 is 0.769 bits per heavy atom. The molecule has 8 aromatic carbocycles. The van der Waals surface area contributed by atoms with E-state index >= 15 is 0 Å². The topological polar surface area (TPSA) is 24.6 Å². The average molecular weight is 668 g/mol. The highest BCUT2D eigenvalue weighted by Crippen LogP contribution is 2.42. The third-order valence-corrected chi connectivity index (χ3v) is 9.93. The lowest BCUT2D eigenvalue weighted by Crippen LogP contribution is -2.10. The molecular weight excluding hydrogens is 635 g/mol. The van der Waals surface area contributed by atoms with Crippen molar-refractivity contribution in [1.29, 1.82) is 0 Å². The Morgan fingerprint density at radius 1 is 0.308 bits per heavy atom. The first-order valence-corrected chi connectivity index (χ1v) is 17.6. The van der Waals surface area contributed by atoms with E-state index in [1.54, 1.807) is 0 Å². The number of anilines is 6. The van der Waals surface area contributed by atoms with Crippen molar-refractivity contribution in [2.24, 2.45) is 0 Å². The lowest BCUT2D eigenvalue weighted by atomic mass is 10.1. The van der Waals surface area contributed by atoms with Gasteiger partial charge in [-0.3, -0.25) is 0 Å². The standard InChI is InChI=1S/C48H33N3O/c1-5-15-34(16-6-1)49(35-17-7-2-8-18-35)38-25-27-39(28-26-38)51-45-31-40(50(36-19-9-3-10-20-36)37-21-11-4-12-22-37)29-30-41(45)43-32-44-42-23-13-14-24-47(42)52-48(44)33-46(43)51/h1-33H. The lowest BCUT2D eigenvalue weighted by Gasteiger charge is -2.26. The molecule has 0 aliphatic rings. The Labute approximate surface area is 301 Å². The Balaban J connectivity index is 1.20. The zero-order chi connectivity index (χ0) is 34.4. The second kappa shape index (κ2) is 12.4. The monoisotopic (exact) mass is 667 g/mol. The van der Waals surface area contributed by atoms with E-state index < -0.39 is 0 Å². The summed E-state index contributed by atoms with van der Waals surface area (Å²) in [6.07, 6.45) is 0. The van der Waals surface area contributed by atoms with Crippen LogP contribution in [-0.4, -0.2) is 4.57 Å². The molecule has 0 atom stereocenters. The zero-order valence-electron chi connectivity index (χ0n) is 28.3. The van der Waals surface area contributed by atoms with Gasteiger partial charge in [-0.25, -0.2) is 0 Å². The number of rotatable bonds is 7. The number of hydrogen-bond acceptors (Lipinski definition) is 3. The van der Waals surface area contributed by atoms with Crippen molar-refractivity contribution in [3.05, 3.63) is 200 Å². The molecule has 10 rings (SSSR count). The van der Waals surface area contributed by atoms with Crippen LogP contribution in [0.25, 0.3) is 49.4 Å². The van der Waals surface area contributed by atoms with Crippen LogP contribution < -0.4 is 9.80 Å². The molecule has 0 aliphatic carbocycles. The molecule has 0 amide bonds. The summed E-state index contributed by atoms with van der Waals surface area (Å²) in [7, 11) is 0. The molecule has 4 heteroatoms. The molecule has 52 heavy (non-hydrogen) atoms. The molecule has 0 unspecified atom stereocenters. The third kappa shape index (κ3) is 5.00. The smallest absolute Gasteiger partial charge is 0.137 e. The van der Waals surface area contributed by atoms with E-state index in [0.29, 0.717) is 0 Å². The van der Waals surface area contributed by atoms with Crippen molar-refractivity contribution in [3.63, 3.8) is 0 Å². The number of furan rings is 1. The maximum atomic E-state index is 6.45. The first-order valence-electron chi connectivity index (χ1n) is 17.6. The van der Waals surface area contributed by atoms with E-state index in [1.807, 2.05) is 12.1 Å². The molecule has 246 valence electrons. The quantitative estimate of drug-likeness (QED) is 0.169. The van der Waals surface area contributed by atoms with Crippen LogP contribution in [0.1, 0.15) is 0 Å². The van der Waals surface area contributed by atoms with Gasteiger partial charge in [-0.1, -0.05) is 97.1 Å². The number of para-hydroxylation sites is 5. The summed E-state index contributed by atoms with van der Waals surface area (Å²) in [5, 5.41) is 4.62. The summed E-state index contributed by atoms with van der Waals surface area (Å²) >= 11 is 0. The van der Waals surface area contributed by atoms with Crippen LogP contribution in [0.2, 0.25) is 0 Å². The summed E-state index contributed by atoms with van der Waals surface area (Å²) in [5.74, 6) is 0. The van der Waals surface area contributed by atoms with Crippen molar-refractivity contribution in [3.8, 4) is 5.69 Å². The fourth-order valence-corrected chi connectivity index (χ4v) is 7.59. The molecule has 2 heterocycles. The molecule has 0 aliphatic heterocycles. The normalized spacial score (nSPS) is 11.5. The number of benzene rings is 8. The average Bonchev–Trinajstić information content (AvgIpc) is 3.73. The summed E-state index contributed by atoms with van der Waals surface area (Å²) in [6, 6.07) is 70.8.